The number of para-hydroxylation sites is 1. The number of hydrogen-bond acceptors (Lipinski definition) is 2. The standard InChI is InChI=1S/C52H45N5/c1-35(36-15-5-2-6-16-36)54-52(55-51(53)37-17-7-3-8-18-37)38-25-29-42(30-26-38)57-48-24-14-12-22-44(48)46-34-40(28-32-50(46)57)39-27-31-49-45(33-39)43-21-11-13-23-47(43)56(49)41-19-9-4-10-20-41/h2-9,11,13,15-19,21,23,25-34,44,48H,1,10,12,14,20,22,24H2,(H2,53,54,55). The maximum Gasteiger partial charge on any atom is 0.162 e. The lowest BCUT2D eigenvalue weighted by molar-refractivity contribution is 0.402. The van der Waals surface area contributed by atoms with E-state index in [9.17, 15) is 0 Å². The molecule has 1 saturated carbocycles. The molecule has 2 unspecified atom stereocenters. The summed E-state index contributed by atoms with van der Waals surface area (Å²) in [6, 6.07) is 52.1. The summed E-state index contributed by atoms with van der Waals surface area (Å²) in [6.45, 7) is 4.29. The van der Waals surface area contributed by atoms with Gasteiger partial charge in [-0.1, -0.05) is 123 Å². The molecule has 3 aliphatic rings. The van der Waals surface area contributed by atoms with Crippen LogP contribution in [-0.4, -0.2) is 22.3 Å². The number of anilines is 2. The number of allylic oxidation sites excluding steroid dienone is 4. The average molecular weight is 740 g/mol. The molecular formula is C52H45N5. The molecule has 0 bridgehead atoms. The van der Waals surface area contributed by atoms with Crippen LogP contribution in [0.5, 0.6) is 0 Å². The van der Waals surface area contributed by atoms with Gasteiger partial charge >= 0.3 is 0 Å². The molecule has 1 fully saturated rings. The van der Waals surface area contributed by atoms with E-state index in [1.54, 1.807) is 0 Å². The lowest BCUT2D eigenvalue weighted by Gasteiger charge is -2.33. The van der Waals surface area contributed by atoms with Gasteiger partial charge < -0.3 is 15.2 Å². The molecule has 1 aliphatic heterocycles. The molecule has 0 saturated heterocycles. The molecule has 0 amide bonds. The van der Waals surface area contributed by atoms with Crippen LogP contribution in [0.1, 0.15) is 66.7 Å². The van der Waals surface area contributed by atoms with Crippen LogP contribution in [-0.2, 0) is 0 Å². The fourth-order valence-corrected chi connectivity index (χ4v) is 9.32. The van der Waals surface area contributed by atoms with Crippen molar-refractivity contribution in [3.63, 3.8) is 0 Å². The zero-order valence-electron chi connectivity index (χ0n) is 32.1. The SMILES string of the molecule is C=C(N=C(N=C(N)c1ccccc1)c1ccc(N2c3ccc(-c4ccc5c(c4)c4ccccc4n5C4=CC=CCC4)cc3C3CCCCC32)cc1)c1ccccc1. The van der Waals surface area contributed by atoms with Crippen LogP contribution in [0.2, 0.25) is 0 Å². The second-order valence-corrected chi connectivity index (χ2v) is 15.5. The van der Waals surface area contributed by atoms with Gasteiger partial charge in [-0.25, -0.2) is 9.98 Å². The third kappa shape index (κ3) is 6.39. The Kier molecular flexibility index (Phi) is 8.99. The lowest BCUT2D eigenvalue weighted by Crippen LogP contribution is -2.32. The highest BCUT2D eigenvalue weighted by atomic mass is 15.2. The summed E-state index contributed by atoms with van der Waals surface area (Å²) in [7, 11) is 0. The Hall–Kier alpha value is -6.72. The molecule has 10 rings (SSSR count). The molecule has 5 nitrogen and oxygen atoms in total. The number of nitrogens with two attached hydrogens (primary N) is 1. The minimum absolute atomic E-state index is 0.414. The molecule has 2 aliphatic carbocycles. The predicted octanol–water partition coefficient (Wildman–Crippen LogP) is 12.7. The molecule has 2 N–H and O–H groups in total. The van der Waals surface area contributed by atoms with Crippen LogP contribution in [0, 0.1) is 0 Å². The normalized spacial score (nSPS) is 18.1. The topological polar surface area (TPSA) is 58.9 Å². The number of aromatic nitrogens is 1. The quantitative estimate of drug-likeness (QED) is 0.131. The molecule has 6 aromatic carbocycles. The maximum absolute atomic E-state index is 6.57. The van der Waals surface area contributed by atoms with Gasteiger partial charge in [0, 0.05) is 50.9 Å². The van der Waals surface area contributed by atoms with Gasteiger partial charge in [0.1, 0.15) is 5.84 Å². The molecule has 57 heavy (non-hydrogen) atoms. The minimum atomic E-state index is 0.414. The van der Waals surface area contributed by atoms with Crippen molar-refractivity contribution < 1.29 is 0 Å². The number of fused-ring (bicyclic) bond motifs is 6. The Morgan fingerprint density at radius 3 is 2.14 bits per heavy atom. The second-order valence-electron chi connectivity index (χ2n) is 15.5. The van der Waals surface area contributed by atoms with Gasteiger partial charge in [-0.3, -0.25) is 0 Å². The van der Waals surface area contributed by atoms with E-state index in [0.29, 0.717) is 29.3 Å². The van der Waals surface area contributed by atoms with Crippen LogP contribution in [0.25, 0.3) is 44.3 Å². The summed E-state index contributed by atoms with van der Waals surface area (Å²) in [5.41, 5.74) is 20.3. The van der Waals surface area contributed by atoms with Crippen LogP contribution < -0.4 is 10.6 Å². The van der Waals surface area contributed by atoms with Gasteiger partial charge in [-0.15, -0.1) is 0 Å². The number of aliphatic imine (C=N–C) groups is 2. The highest BCUT2D eigenvalue weighted by molar-refractivity contribution is 6.13. The third-order valence-corrected chi connectivity index (χ3v) is 12.1. The van der Waals surface area contributed by atoms with Crippen molar-refractivity contribution in [2.24, 2.45) is 15.7 Å². The third-order valence-electron chi connectivity index (χ3n) is 12.1. The first-order chi connectivity index (χ1) is 28.1. The fraction of sp³-hybridized carbons (Fsp3) is 0.154. The summed E-state index contributed by atoms with van der Waals surface area (Å²) in [4.78, 5) is 12.4. The van der Waals surface area contributed by atoms with Gasteiger partial charge in [0.15, 0.2) is 5.84 Å². The molecule has 0 spiro atoms. The highest BCUT2D eigenvalue weighted by Gasteiger charge is 2.40. The Bertz CT molecular complexity index is 2770. The molecule has 278 valence electrons. The average Bonchev–Trinajstić information content (AvgIpc) is 3.79. The fourth-order valence-electron chi connectivity index (χ4n) is 9.32. The second kappa shape index (κ2) is 14.7. The summed E-state index contributed by atoms with van der Waals surface area (Å²) >= 11 is 0. The number of benzene rings is 6. The molecule has 2 heterocycles. The van der Waals surface area contributed by atoms with E-state index in [0.717, 1.165) is 29.5 Å². The molecule has 0 radical (unpaired) electrons. The van der Waals surface area contributed by atoms with Gasteiger partial charge in [0.2, 0.25) is 0 Å². The molecule has 7 aromatic rings. The van der Waals surface area contributed by atoms with Gasteiger partial charge in [-0.2, -0.15) is 0 Å². The largest absolute Gasteiger partial charge is 0.383 e. The van der Waals surface area contributed by atoms with Crippen LogP contribution in [0.4, 0.5) is 11.4 Å². The predicted molar refractivity (Wildman–Crippen MR) is 240 cm³/mol. The first kappa shape index (κ1) is 34.7. The summed E-state index contributed by atoms with van der Waals surface area (Å²) in [5, 5.41) is 2.61. The summed E-state index contributed by atoms with van der Waals surface area (Å²) in [5.74, 6) is 1.44. The Balaban J connectivity index is 1.01. The molecule has 2 atom stereocenters. The van der Waals surface area contributed by atoms with E-state index in [4.69, 9.17) is 15.7 Å². The Morgan fingerprint density at radius 2 is 1.35 bits per heavy atom. The monoisotopic (exact) mass is 739 g/mol. The van der Waals surface area contributed by atoms with E-state index >= 15 is 0 Å². The molecular weight excluding hydrogens is 695 g/mol. The van der Waals surface area contributed by atoms with E-state index in [1.165, 1.54) is 81.3 Å². The zero-order valence-corrected chi connectivity index (χ0v) is 32.1. The van der Waals surface area contributed by atoms with E-state index in [2.05, 4.69) is 119 Å². The van der Waals surface area contributed by atoms with E-state index in [-0.39, 0.29) is 0 Å². The van der Waals surface area contributed by atoms with Gasteiger partial charge in [0.05, 0.1) is 16.7 Å². The van der Waals surface area contributed by atoms with Crippen molar-refractivity contribution in [1.29, 1.82) is 0 Å². The number of nitrogens with zero attached hydrogens (tertiary/aromatic N) is 4. The lowest BCUT2D eigenvalue weighted by atomic mass is 9.82. The van der Waals surface area contributed by atoms with Crippen molar-refractivity contribution in [1.82, 2.24) is 4.57 Å². The van der Waals surface area contributed by atoms with Crippen molar-refractivity contribution >= 4 is 56.2 Å². The molecule has 5 heteroatoms. The highest BCUT2D eigenvalue weighted by Crippen LogP contribution is 2.52. The number of amidine groups is 2. The smallest absolute Gasteiger partial charge is 0.162 e. The van der Waals surface area contributed by atoms with Crippen LogP contribution >= 0.6 is 0 Å². The van der Waals surface area contributed by atoms with Gasteiger partial charge in [-0.05, 0) is 109 Å². The summed E-state index contributed by atoms with van der Waals surface area (Å²) in [6.07, 6.45) is 13.7. The van der Waals surface area contributed by atoms with E-state index < -0.39 is 0 Å². The Morgan fingerprint density at radius 1 is 0.649 bits per heavy atom. The first-order valence-corrected chi connectivity index (χ1v) is 20.3. The minimum Gasteiger partial charge on any atom is -0.383 e. The first-order valence-electron chi connectivity index (χ1n) is 20.3. The van der Waals surface area contributed by atoms with Crippen LogP contribution in [0.3, 0.4) is 0 Å². The maximum atomic E-state index is 6.57. The summed E-state index contributed by atoms with van der Waals surface area (Å²) < 4.78 is 2.47. The molecule has 1 aromatic heterocycles. The van der Waals surface area contributed by atoms with Crippen molar-refractivity contribution in [3.05, 3.63) is 193 Å². The zero-order chi connectivity index (χ0) is 38.3. The van der Waals surface area contributed by atoms with E-state index in [1.807, 2.05) is 60.7 Å². The van der Waals surface area contributed by atoms with Crippen molar-refractivity contribution in [2.75, 3.05) is 4.90 Å². The van der Waals surface area contributed by atoms with Gasteiger partial charge in [0.25, 0.3) is 0 Å². The number of rotatable bonds is 7. The van der Waals surface area contributed by atoms with Crippen LogP contribution in [0.15, 0.2) is 180 Å². The number of hydrogen-bond donors (Lipinski definition) is 1. The van der Waals surface area contributed by atoms with Crippen molar-refractivity contribution in [2.45, 2.75) is 50.5 Å². The van der Waals surface area contributed by atoms with Crippen molar-refractivity contribution in [3.8, 4) is 11.1 Å². The Labute approximate surface area is 334 Å².